The standard InChI is InChI=1S/C20H21ClN2O3/c21-16-7-5-14(6-8-16)19(13-3-4-13)22-20(25)15-10-18(24)23(11-15)12-17-2-1-9-26-17/h1-2,5-9,13,15,19H,3-4,10-12H2,(H,22,25). The summed E-state index contributed by atoms with van der Waals surface area (Å²) in [4.78, 5) is 26.7. The van der Waals surface area contributed by atoms with Gasteiger partial charge in [-0.3, -0.25) is 9.59 Å². The minimum atomic E-state index is -0.314. The molecule has 1 N–H and O–H groups in total. The van der Waals surface area contributed by atoms with Crippen LogP contribution in [0.3, 0.4) is 0 Å². The minimum Gasteiger partial charge on any atom is -0.467 e. The molecule has 1 aromatic carbocycles. The van der Waals surface area contributed by atoms with E-state index in [-0.39, 0.29) is 30.2 Å². The SMILES string of the molecule is O=C(NC(c1ccc(Cl)cc1)C1CC1)C1CC(=O)N(Cc2ccco2)C1. The molecule has 6 heteroatoms. The van der Waals surface area contributed by atoms with Gasteiger partial charge in [0.25, 0.3) is 0 Å². The molecule has 2 atom stereocenters. The van der Waals surface area contributed by atoms with Crippen molar-refractivity contribution in [2.75, 3.05) is 6.54 Å². The van der Waals surface area contributed by atoms with Gasteiger partial charge in [0.05, 0.1) is 24.8 Å². The second-order valence-electron chi connectivity index (χ2n) is 7.13. The number of hydrogen-bond acceptors (Lipinski definition) is 3. The van der Waals surface area contributed by atoms with Gasteiger partial charge in [-0.15, -0.1) is 0 Å². The molecule has 5 nitrogen and oxygen atoms in total. The van der Waals surface area contributed by atoms with Gasteiger partial charge in [0.1, 0.15) is 5.76 Å². The molecule has 2 heterocycles. The Morgan fingerprint density at radius 2 is 2.04 bits per heavy atom. The number of hydrogen-bond donors (Lipinski definition) is 1. The average molecular weight is 373 g/mol. The molecule has 2 aliphatic rings. The van der Waals surface area contributed by atoms with E-state index in [4.69, 9.17) is 16.0 Å². The molecule has 1 aliphatic heterocycles. The molecular weight excluding hydrogens is 352 g/mol. The lowest BCUT2D eigenvalue weighted by molar-refractivity contribution is -0.129. The summed E-state index contributed by atoms with van der Waals surface area (Å²) in [5.74, 6) is 0.835. The third-order valence-electron chi connectivity index (χ3n) is 5.13. The quantitative estimate of drug-likeness (QED) is 0.843. The first-order valence-electron chi connectivity index (χ1n) is 8.96. The molecule has 1 saturated heterocycles. The van der Waals surface area contributed by atoms with Gasteiger partial charge >= 0.3 is 0 Å². The van der Waals surface area contributed by atoms with E-state index in [9.17, 15) is 9.59 Å². The van der Waals surface area contributed by atoms with Gasteiger partial charge in [0.15, 0.2) is 0 Å². The maximum atomic E-state index is 12.8. The second kappa shape index (κ2) is 7.16. The first-order chi connectivity index (χ1) is 12.6. The largest absolute Gasteiger partial charge is 0.467 e. The van der Waals surface area contributed by atoms with Crippen molar-refractivity contribution in [2.24, 2.45) is 11.8 Å². The zero-order valence-corrected chi connectivity index (χ0v) is 15.1. The Kier molecular flexibility index (Phi) is 4.72. The molecule has 1 aliphatic carbocycles. The lowest BCUT2D eigenvalue weighted by atomic mass is 10.0. The van der Waals surface area contributed by atoms with Crippen LogP contribution in [0.1, 0.15) is 36.6 Å². The lowest BCUT2D eigenvalue weighted by Crippen LogP contribution is -2.36. The summed E-state index contributed by atoms with van der Waals surface area (Å²) in [7, 11) is 0. The fourth-order valence-corrected chi connectivity index (χ4v) is 3.66. The highest BCUT2D eigenvalue weighted by Gasteiger charge is 2.38. The molecule has 2 aromatic rings. The fraction of sp³-hybridized carbons (Fsp3) is 0.400. The van der Waals surface area contributed by atoms with E-state index in [0.29, 0.717) is 24.0 Å². The Hall–Kier alpha value is -2.27. The van der Waals surface area contributed by atoms with Crippen LogP contribution in [0.15, 0.2) is 47.1 Å². The molecule has 0 radical (unpaired) electrons. The van der Waals surface area contributed by atoms with E-state index in [1.807, 2.05) is 30.3 Å². The van der Waals surface area contributed by atoms with Crippen molar-refractivity contribution in [2.45, 2.75) is 31.8 Å². The Balaban J connectivity index is 1.40. The number of nitrogens with zero attached hydrogens (tertiary/aromatic N) is 1. The summed E-state index contributed by atoms with van der Waals surface area (Å²) in [6.45, 7) is 0.849. The highest BCUT2D eigenvalue weighted by atomic mass is 35.5. The highest BCUT2D eigenvalue weighted by Crippen LogP contribution is 2.41. The Labute approximate surface area is 157 Å². The Bertz CT molecular complexity index is 784. The summed E-state index contributed by atoms with van der Waals surface area (Å²) in [5.41, 5.74) is 1.07. The van der Waals surface area contributed by atoms with Crippen molar-refractivity contribution in [3.8, 4) is 0 Å². The molecule has 26 heavy (non-hydrogen) atoms. The normalized spacial score (nSPS) is 21.0. The molecule has 1 aromatic heterocycles. The van der Waals surface area contributed by atoms with Crippen LogP contribution in [0.5, 0.6) is 0 Å². The number of benzene rings is 1. The topological polar surface area (TPSA) is 62.6 Å². The van der Waals surface area contributed by atoms with Crippen LogP contribution < -0.4 is 5.32 Å². The van der Waals surface area contributed by atoms with E-state index < -0.39 is 0 Å². The first kappa shape index (κ1) is 17.2. The van der Waals surface area contributed by atoms with Gasteiger partial charge in [0.2, 0.25) is 11.8 Å². The average Bonchev–Trinajstić information content (AvgIpc) is 3.22. The lowest BCUT2D eigenvalue weighted by Gasteiger charge is -2.21. The molecule has 0 spiro atoms. The third-order valence-corrected chi connectivity index (χ3v) is 5.38. The van der Waals surface area contributed by atoms with Crippen molar-refractivity contribution in [3.05, 3.63) is 59.0 Å². The first-order valence-corrected chi connectivity index (χ1v) is 9.34. The minimum absolute atomic E-state index is 0.00369. The smallest absolute Gasteiger partial charge is 0.225 e. The van der Waals surface area contributed by atoms with Crippen LogP contribution in [-0.2, 0) is 16.1 Å². The molecule has 2 unspecified atom stereocenters. The summed E-state index contributed by atoms with van der Waals surface area (Å²) in [5, 5.41) is 3.86. The zero-order valence-electron chi connectivity index (χ0n) is 14.4. The van der Waals surface area contributed by atoms with Crippen molar-refractivity contribution in [1.82, 2.24) is 10.2 Å². The molecule has 4 rings (SSSR count). The molecule has 2 amide bonds. The molecule has 0 bridgehead atoms. The van der Waals surface area contributed by atoms with Crippen LogP contribution in [0.2, 0.25) is 5.02 Å². The number of nitrogens with one attached hydrogen (secondary N) is 1. The van der Waals surface area contributed by atoms with Gasteiger partial charge in [0, 0.05) is 18.0 Å². The van der Waals surface area contributed by atoms with Gasteiger partial charge in [-0.25, -0.2) is 0 Å². The van der Waals surface area contributed by atoms with E-state index in [2.05, 4.69) is 5.32 Å². The molecular formula is C20H21ClN2O3. The van der Waals surface area contributed by atoms with Crippen molar-refractivity contribution in [3.63, 3.8) is 0 Å². The van der Waals surface area contributed by atoms with Gasteiger partial charge in [-0.1, -0.05) is 23.7 Å². The van der Waals surface area contributed by atoms with Gasteiger partial charge < -0.3 is 14.6 Å². The predicted molar refractivity (Wildman–Crippen MR) is 97.3 cm³/mol. The number of carbonyl (C=O) groups is 2. The van der Waals surface area contributed by atoms with E-state index in [1.165, 1.54) is 0 Å². The third kappa shape index (κ3) is 3.78. The van der Waals surface area contributed by atoms with Crippen molar-refractivity contribution < 1.29 is 14.0 Å². The maximum absolute atomic E-state index is 12.8. The van der Waals surface area contributed by atoms with Crippen molar-refractivity contribution in [1.29, 1.82) is 0 Å². The second-order valence-corrected chi connectivity index (χ2v) is 7.57. The summed E-state index contributed by atoms with van der Waals surface area (Å²) in [6.07, 6.45) is 4.07. The van der Waals surface area contributed by atoms with Crippen LogP contribution >= 0.6 is 11.6 Å². The van der Waals surface area contributed by atoms with E-state index in [1.54, 1.807) is 17.2 Å². The Morgan fingerprint density at radius 3 is 2.69 bits per heavy atom. The summed E-state index contributed by atoms with van der Waals surface area (Å²) < 4.78 is 5.31. The molecule has 1 saturated carbocycles. The highest BCUT2D eigenvalue weighted by molar-refractivity contribution is 6.30. The Morgan fingerprint density at radius 1 is 1.27 bits per heavy atom. The fourth-order valence-electron chi connectivity index (χ4n) is 3.54. The summed E-state index contributed by atoms with van der Waals surface area (Å²) >= 11 is 5.97. The van der Waals surface area contributed by atoms with Gasteiger partial charge in [-0.2, -0.15) is 0 Å². The van der Waals surface area contributed by atoms with E-state index in [0.717, 1.165) is 24.2 Å². The maximum Gasteiger partial charge on any atom is 0.225 e. The zero-order chi connectivity index (χ0) is 18.1. The number of carbonyl (C=O) groups excluding carboxylic acids is 2. The van der Waals surface area contributed by atoms with Gasteiger partial charge in [-0.05, 0) is 48.6 Å². The van der Waals surface area contributed by atoms with Crippen LogP contribution in [0, 0.1) is 11.8 Å². The number of amides is 2. The number of rotatable bonds is 6. The number of halogens is 1. The van der Waals surface area contributed by atoms with E-state index >= 15 is 0 Å². The predicted octanol–water partition coefficient (Wildman–Crippen LogP) is 3.55. The van der Waals surface area contributed by atoms with Crippen LogP contribution in [0.25, 0.3) is 0 Å². The van der Waals surface area contributed by atoms with Crippen LogP contribution in [-0.4, -0.2) is 23.3 Å². The number of furan rings is 1. The number of likely N-dealkylation sites (tertiary alicyclic amines) is 1. The van der Waals surface area contributed by atoms with Crippen LogP contribution in [0.4, 0.5) is 0 Å². The molecule has 2 fully saturated rings. The molecule has 136 valence electrons. The monoisotopic (exact) mass is 372 g/mol. The van der Waals surface area contributed by atoms with Crippen molar-refractivity contribution >= 4 is 23.4 Å². The summed E-state index contributed by atoms with van der Waals surface area (Å²) in [6, 6.07) is 11.3.